The Labute approximate surface area is 83.6 Å². The molecule has 1 heterocycles. The van der Waals surface area contributed by atoms with Gasteiger partial charge in [0.05, 0.1) is 18.1 Å². The van der Waals surface area contributed by atoms with Crippen molar-refractivity contribution in [1.82, 2.24) is 4.98 Å². The van der Waals surface area contributed by atoms with E-state index in [4.69, 9.17) is 0 Å². The zero-order chi connectivity index (χ0) is 9.97. The van der Waals surface area contributed by atoms with E-state index in [0.717, 1.165) is 11.6 Å². The van der Waals surface area contributed by atoms with Gasteiger partial charge in [0.25, 0.3) is 0 Å². The number of rotatable bonds is 3. The van der Waals surface area contributed by atoms with E-state index in [2.05, 4.69) is 17.2 Å². The summed E-state index contributed by atoms with van der Waals surface area (Å²) < 4.78 is 12.8. The minimum Gasteiger partial charge on any atom is -0.381 e. The van der Waals surface area contributed by atoms with Crippen LogP contribution in [0.25, 0.3) is 0 Å². The summed E-state index contributed by atoms with van der Waals surface area (Å²) in [6, 6.07) is 1.91. The van der Waals surface area contributed by atoms with Crippen LogP contribution in [0.2, 0.25) is 0 Å². The summed E-state index contributed by atoms with van der Waals surface area (Å²) in [6.07, 6.45) is 6.79. The van der Waals surface area contributed by atoms with Gasteiger partial charge in [-0.3, -0.25) is 4.98 Å². The van der Waals surface area contributed by atoms with E-state index in [-0.39, 0.29) is 5.82 Å². The molecule has 0 aromatic carbocycles. The van der Waals surface area contributed by atoms with Crippen LogP contribution in [0.15, 0.2) is 18.5 Å². The zero-order valence-electron chi connectivity index (χ0n) is 8.33. The van der Waals surface area contributed by atoms with Crippen LogP contribution in [0.3, 0.4) is 0 Å². The molecule has 1 aromatic rings. The fraction of sp³-hybridized carbons (Fsp3) is 0.545. The average Bonchev–Trinajstić information content (AvgIpc) is 1.99. The Morgan fingerprint density at radius 1 is 1.50 bits per heavy atom. The monoisotopic (exact) mass is 194 g/mol. The fourth-order valence-corrected chi connectivity index (χ4v) is 1.81. The van der Waals surface area contributed by atoms with E-state index in [1.54, 1.807) is 6.20 Å². The van der Waals surface area contributed by atoms with Gasteiger partial charge in [0.1, 0.15) is 5.82 Å². The minimum atomic E-state index is -0.282. The molecule has 3 heteroatoms. The Hall–Kier alpha value is -1.12. The first-order chi connectivity index (χ1) is 6.75. The topological polar surface area (TPSA) is 24.9 Å². The van der Waals surface area contributed by atoms with E-state index in [1.807, 2.05) is 0 Å². The third-order valence-corrected chi connectivity index (χ3v) is 2.96. The summed E-state index contributed by atoms with van der Waals surface area (Å²) in [7, 11) is 0. The Morgan fingerprint density at radius 2 is 2.29 bits per heavy atom. The highest BCUT2D eigenvalue weighted by molar-refractivity contribution is 5.41. The molecule has 2 rings (SSSR count). The van der Waals surface area contributed by atoms with Gasteiger partial charge in [0, 0.05) is 12.1 Å². The second kappa shape index (κ2) is 3.95. The molecule has 1 aromatic heterocycles. The van der Waals surface area contributed by atoms with Crippen molar-refractivity contribution in [1.29, 1.82) is 0 Å². The van der Waals surface area contributed by atoms with Crippen molar-refractivity contribution in [3.8, 4) is 0 Å². The predicted octanol–water partition coefficient (Wildman–Crippen LogP) is 2.82. The highest BCUT2D eigenvalue weighted by atomic mass is 19.1. The van der Waals surface area contributed by atoms with Gasteiger partial charge in [-0.05, 0) is 25.7 Å². The number of anilines is 1. The standard InChI is InChI=1S/C11H15FN2/c1-8(9-3-2-4-9)14-11-5-10(12)6-13-7-11/h5-9,14H,2-4H2,1H3. The van der Waals surface area contributed by atoms with Crippen LogP contribution in [0.5, 0.6) is 0 Å². The first kappa shape index (κ1) is 9.44. The third-order valence-electron chi connectivity index (χ3n) is 2.96. The Balaban J connectivity index is 1.95. The number of halogens is 1. The third kappa shape index (κ3) is 2.03. The van der Waals surface area contributed by atoms with Gasteiger partial charge in [0.2, 0.25) is 0 Å². The van der Waals surface area contributed by atoms with Crippen molar-refractivity contribution in [3.05, 3.63) is 24.3 Å². The van der Waals surface area contributed by atoms with Crippen molar-refractivity contribution >= 4 is 5.69 Å². The summed E-state index contributed by atoms with van der Waals surface area (Å²) in [4.78, 5) is 3.80. The Morgan fingerprint density at radius 3 is 2.86 bits per heavy atom. The fourth-order valence-electron chi connectivity index (χ4n) is 1.81. The number of hydrogen-bond donors (Lipinski definition) is 1. The molecular weight excluding hydrogens is 179 g/mol. The van der Waals surface area contributed by atoms with Crippen LogP contribution >= 0.6 is 0 Å². The van der Waals surface area contributed by atoms with Crippen LogP contribution in [0.1, 0.15) is 26.2 Å². The first-order valence-corrected chi connectivity index (χ1v) is 5.13. The minimum absolute atomic E-state index is 0.282. The highest BCUT2D eigenvalue weighted by Crippen LogP contribution is 2.30. The van der Waals surface area contributed by atoms with Crippen molar-refractivity contribution in [2.45, 2.75) is 32.2 Å². The second-order valence-electron chi connectivity index (χ2n) is 4.02. The maximum Gasteiger partial charge on any atom is 0.143 e. The number of nitrogens with one attached hydrogen (secondary N) is 1. The van der Waals surface area contributed by atoms with Gasteiger partial charge in [-0.15, -0.1) is 0 Å². The van der Waals surface area contributed by atoms with Gasteiger partial charge in [-0.1, -0.05) is 6.42 Å². The molecule has 1 saturated carbocycles. The van der Waals surface area contributed by atoms with E-state index in [9.17, 15) is 4.39 Å². The van der Waals surface area contributed by atoms with Crippen LogP contribution < -0.4 is 5.32 Å². The van der Waals surface area contributed by atoms with Crippen molar-refractivity contribution in [2.24, 2.45) is 5.92 Å². The summed E-state index contributed by atoms with van der Waals surface area (Å²) in [6.45, 7) is 2.15. The largest absolute Gasteiger partial charge is 0.381 e. The molecule has 0 spiro atoms. The maximum atomic E-state index is 12.8. The molecule has 0 bridgehead atoms. The number of nitrogens with zero attached hydrogens (tertiary/aromatic N) is 1. The molecule has 76 valence electrons. The normalized spacial score (nSPS) is 18.7. The van der Waals surface area contributed by atoms with E-state index < -0.39 is 0 Å². The molecule has 14 heavy (non-hydrogen) atoms. The summed E-state index contributed by atoms with van der Waals surface area (Å²) in [5, 5.41) is 3.28. The highest BCUT2D eigenvalue weighted by Gasteiger charge is 2.23. The predicted molar refractivity (Wildman–Crippen MR) is 54.6 cm³/mol. The van der Waals surface area contributed by atoms with Gasteiger partial charge in [-0.2, -0.15) is 0 Å². The quantitative estimate of drug-likeness (QED) is 0.800. The lowest BCUT2D eigenvalue weighted by Gasteiger charge is -2.32. The lowest BCUT2D eigenvalue weighted by atomic mass is 9.80. The van der Waals surface area contributed by atoms with Crippen LogP contribution in [0.4, 0.5) is 10.1 Å². The van der Waals surface area contributed by atoms with E-state index in [1.165, 1.54) is 31.5 Å². The average molecular weight is 194 g/mol. The van der Waals surface area contributed by atoms with Gasteiger partial charge in [0.15, 0.2) is 0 Å². The molecule has 1 aliphatic rings. The van der Waals surface area contributed by atoms with Gasteiger partial charge < -0.3 is 5.32 Å². The maximum absolute atomic E-state index is 12.8. The lowest BCUT2D eigenvalue weighted by molar-refractivity contribution is 0.285. The van der Waals surface area contributed by atoms with Crippen molar-refractivity contribution in [3.63, 3.8) is 0 Å². The Kier molecular flexibility index (Phi) is 2.66. The summed E-state index contributed by atoms with van der Waals surface area (Å²) >= 11 is 0. The summed E-state index contributed by atoms with van der Waals surface area (Å²) in [5.41, 5.74) is 0.782. The second-order valence-corrected chi connectivity index (χ2v) is 4.02. The van der Waals surface area contributed by atoms with Crippen LogP contribution in [0, 0.1) is 11.7 Å². The molecule has 1 N–H and O–H groups in total. The molecule has 1 unspecified atom stereocenters. The molecule has 0 radical (unpaired) electrons. The molecule has 2 nitrogen and oxygen atoms in total. The summed E-state index contributed by atoms with van der Waals surface area (Å²) in [5.74, 6) is 0.467. The smallest absolute Gasteiger partial charge is 0.143 e. The van der Waals surface area contributed by atoms with Gasteiger partial charge >= 0.3 is 0 Å². The molecule has 0 amide bonds. The van der Waals surface area contributed by atoms with Crippen molar-refractivity contribution < 1.29 is 4.39 Å². The Bertz CT molecular complexity index is 310. The molecule has 1 aliphatic carbocycles. The molecule has 0 saturated heterocycles. The zero-order valence-corrected chi connectivity index (χ0v) is 8.33. The molecule has 1 atom stereocenters. The lowest BCUT2D eigenvalue weighted by Crippen LogP contribution is -2.30. The van der Waals surface area contributed by atoms with Gasteiger partial charge in [-0.25, -0.2) is 4.39 Å². The number of aromatic nitrogens is 1. The SMILES string of the molecule is CC(Nc1cncc(F)c1)C1CCC1. The number of hydrogen-bond acceptors (Lipinski definition) is 2. The van der Waals surface area contributed by atoms with Crippen LogP contribution in [-0.4, -0.2) is 11.0 Å². The molecular formula is C11H15FN2. The van der Waals surface area contributed by atoms with Crippen LogP contribution in [-0.2, 0) is 0 Å². The number of pyridine rings is 1. The van der Waals surface area contributed by atoms with E-state index in [0.29, 0.717) is 6.04 Å². The van der Waals surface area contributed by atoms with E-state index >= 15 is 0 Å². The van der Waals surface area contributed by atoms with Crippen molar-refractivity contribution in [2.75, 3.05) is 5.32 Å². The molecule has 1 fully saturated rings. The molecule has 0 aliphatic heterocycles. The first-order valence-electron chi connectivity index (χ1n) is 5.13.